The minimum absolute atomic E-state index is 0.166. The van der Waals surface area contributed by atoms with Gasteiger partial charge in [0.05, 0.1) is 0 Å². The molecule has 1 saturated carbocycles. The van der Waals surface area contributed by atoms with Gasteiger partial charge < -0.3 is 5.32 Å². The average Bonchev–Trinajstić information content (AvgIpc) is 2.46. The molecule has 0 amide bonds. The smallest absolute Gasteiger partial charge is 0.105 e. The highest BCUT2D eigenvalue weighted by atomic mass is 19.1. The summed E-state index contributed by atoms with van der Waals surface area (Å²) in [5, 5.41) is 3.13. The fourth-order valence-corrected chi connectivity index (χ4v) is 1.62. The molecule has 3 atom stereocenters. The van der Waals surface area contributed by atoms with E-state index < -0.39 is 0 Å². The Balaban J connectivity index is 1.97. The van der Waals surface area contributed by atoms with Crippen molar-refractivity contribution in [2.24, 2.45) is 11.8 Å². The molecule has 46 valence electrons. The van der Waals surface area contributed by atoms with Crippen molar-refractivity contribution in [3.63, 3.8) is 0 Å². The van der Waals surface area contributed by atoms with Crippen LogP contribution in [-0.2, 0) is 0 Å². The molecule has 1 aliphatic heterocycles. The first-order valence-corrected chi connectivity index (χ1v) is 3.21. The van der Waals surface area contributed by atoms with Crippen LogP contribution in [0.4, 0.5) is 4.39 Å². The Morgan fingerprint density at radius 3 is 2.75 bits per heavy atom. The van der Waals surface area contributed by atoms with Crippen LogP contribution >= 0.6 is 0 Å². The van der Waals surface area contributed by atoms with Crippen molar-refractivity contribution in [2.75, 3.05) is 13.2 Å². The summed E-state index contributed by atoms with van der Waals surface area (Å²) in [5.41, 5.74) is 0. The molecular weight excluding hydrogens is 105 g/mol. The van der Waals surface area contributed by atoms with Crippen LogP contribution in [0.5, 0.6) is 0 Å². The van der Waals surface area contributed by atoms with Gasteiger partial charge in [0.2, 0.25) is 0 Å². The topological polar surface area (TPSA) is 12.0 Å². The van der Waals surface area contributed by atoms with E-state index in [0.29, 0.717) is 5.92 Å². The van der Waals surface area contributed by atoms with E-state index in [-0.39, 0.29) is 12.7 Å². The zero-order valence-electron chi connectivity index (χ0n) is 4.73. The predicted octanol–water partition coefficient (Wildman–Crippen LogP) is 0.564. The van der Waals surface area contributed by atoms with E-state index >= 15 is 0 Å². The SMILES string of the molecule is FCC1NCC2CC21. The number of rotatable bonds is 1. The fraction of sp³-hybridized carbons (Fsp3) is 1.00. The van der Waals surface area contributed by atoms with Gasteiger partial charge in [-0.25, -0.2) is 4.39 Å². The summed E-state index contributed by atoms with van der Waals surface area (Å²) in [6.07, 6.45) is 1.28. The third-order valence-electron chi connectivity index (χ3n) is 2.30. The van der Waals surface area contributed by atoms with Crippen LogP contribution in [0, 0.1) is 11.8 Å². The first-order chi connectivity index (χ1) is 3.92. The molecule has 0 radical (unpaired) electrons. The van der Waals surface area contributed by atoms with Gasteiger partial charge in [-0.3, -0.25) is 0 Å². The Kier molecular flexibility index (Phi) is 0.852. The van der Waals surface area contributed by atoms with Crippen molar-refractivity contribution in [1.29, 1.82) is 0 Å². The Bertz CT molecular complexity index is 105. The van der Waals surface area contributed by atoms with Crippen LogP contribution in [-0.4, -0.2) is 19.3 Å². The molecule has 1 saturated heterocycles. The molecule has 1 nitrogen and oxygen atoms in total. The number of hydrogen-bond acceptors (Lipinski definition) is 1. The van der Waals surface area contributed by atoms with Crippen molar-refractivity contribution < 1.29 is 4.39 Å². The van der Waals surface area contributed by atoms with Crippen LogP contribution < -0.4 is 5.32 Å². The number of fused-ring (bicyclic) bond motifs is 1. The zero-order valence-corrected chi connectivity index (χ0v) is 4.73. The summed E-state index contributed by atoms with van der Waals surface area (Å²) in [6.45, 7) is 0.903. The number of halogens is 1. The minimum atomic E-state index is -0.166. The van der Waals surface area contributed by atoms with Gasteiger partial charge in [0.15, 0.2) is 0 Å². The lowest BCUT2D eigenvalue weighted by Gasteiger charge is -2.05. The summed E-state index contributed by atoms with van der Waals surface area (Å²) < 4.78 is 11.9. The molecule has 0 aromatic rings. The standard InChI is InChI=1S/C6H10FN/c7-2-6-5-1-4(5)3-8-6/h4-6,8H,1-3H2. The highest BCUT2D eigenvalue weighted by Gasteiger charge is 2.47. The van der Waals surface area contributed by atoms with Crippen molar-refractivity contribution in [3.05, 3.63) is 0 Å². The van der Waals surface area contributed by atoms with Gasteiger partial charge >= 0.3 is 0 Å². The first kappa shape index (κ1) is 4.74. The van der Waals surface area contributed by atoms with Crippen LogP contribution in [0.25, 0.3) is 0 Å². The van der Waals surface area contributed by atoms with Gasteiger partial charge in [-0.2, -0.15) is 0 Å². The summed E-state index contributed by atoms with van der Waals surface area (Å²) in [5.74, 6) is 1.55. The van der Waals surface area contributed by atoms with Crippen LogP contribution in [0.3, 0.4) is 0 Å². The maximum Gasteiger partial charge on any atom is 0.105 e. The quantitative estimate of drug-likeness (QED) is 0.526. The highest BCUT2D eigenvalue weighted by Crippen LogP contribution is 2.44. The lowest BCUT2D eigenvalue weighted by Crippen LogP contribution is -2.27. The van der Waals surface area contributed by atoms with Crippen molar-refractivity contribution in [3.8, 4) is 0 Å². The molecule has 0 aromatic heterocycles. The molecular formula is C6H10FN. The highest BCUT2D eigenvalue weighted by molar-refractivity contribution is 5.01. The molecule has 1 N–H and O–H groups in total. The van der Waals surface area contributed by atoms with E-state index in [1.54, 1.807) is 0 Å². The van der Waals surface area contributed by atoms with Crippen molar-refractivity contribution in [1.82, 2.24) is 5.32 Å². The van der Waals surface area contributed by atoms with Gasteiger partial charge in [-0.05, 0) is 24.8 Å². The first-order valence-electron chi connectivity index (χ1n) is 3.21. The van der Waals surface area contributed by atoms with Gasteiger partial charge in [0.25, 0.3) is 0 Å². The van der Waals surface area contributed by atoms with Gasteiger partial charge in [0, 0.05) is 6.04 Å². The Morgan fingerprint density at radius 2 is 2.50 bits per heavy atom. The van der Waals surface area contributed by atoms with E-state index in [9.17, 15) is 4.39 Å². The molecule has 0 aromatic carbocycles. The van der Waals surface area contributed by atoms with E-state index in [4.69, 9.17) is 0 Å². The van der Waals surface area contributed by atoms with Gasteiger partial charge in [-0.15, -0.1) is 0 Å². The third kappa shape index (κ3) is 0.494. The van der Waals surface area contributed by atoms with Crippen molar-refractivity contribution in [2.45, 2.75) is 12.5 Å². The van der Waals surface area contributed by atoms with Crippen LogP contribution in [0.1, 0.15) is 6.42 Å². The summed E-state index contributed by atoms with van der Waals surface area (Å²) in [6, 6.07) is 0.222. The maximum atomic E-state index is 11.9. The van der Waals surface area contributed by atoms with Crippen molar-refractivity contribution >= 4 is 0 Å². The molecule has 0 bridgehead atoms. The molecule has 1 heterocycles. The second-order valence-corrected chi connectivity index (χ2v) is 2.83. The van der Waals surface area contributed by atoms with E-state index in [1.807, 2.05) is 0 Å². The van der Waals surface area contributed by atoms with E-state index in [2.05, 4.69) is 5.32 Å². The number of hydrogen-bond donors (Lipinski definition) is 1. The van der Waals surface area contributed by atoms with Crippen LogP contribution in [0.15, 0.2) is 0 Å². The minimum Gasteiger partial charge on any atom is -0.311 e. The maximum absolute atomic E-state index is 11.9. The molecule has 0 spiro atoms. The normalized spacial score (nSPS) is 51.4. The van der Waals surface area contributed by atoms with Crippen LogP contribution in [0.2, 0.25) is 0 Å². The number of piperidine rings is 1. The molecule has 2 rings (SSSR count). The predicted molar refractivity (Wildman–Crippen MR) is 29.4 cm³/mol. The summed E-state index contributed by atoms with van der Waals surface area (Å²) in [4.78, 5) is 0. The largest absolute Gasteiger partial charge is 0.311 e. The second-order valence-electron chi connectivity index (χ2n) is 2.83. The third-order valence-corrected chi connectivity index (χ3v) is 2.30. The molecule has 2 heteroatoms. The van der Waals surface area contributed by atoms with Gasteiger partial charge in [-0.1, -0.05) is 0 Å². The second kappa shape index (κ2) is 1.44. The van der Waals surface area contributed by atoms with E-state index in [0.717, 1.165) is 12.5 Å². The average molecular weight is 115 g/mol. The summed E-state index contributed by atoms with van der Waals surface area (Å²) in [7, 11) is 0. The van der Waals surface area contributed by atoms with E-state index in [1.165, 1.54) is 6.42 Å². The zero-order chi connectivity index (χ0) is 5.56. The molecule has 3 unspecified atom stereocenters. The lowest BCUT2D eigenvalue weighted by molar-refractivity contribution is 0.378. The lowest BCUT2D eigenvalue weighted by atomic mass is 10.2. The molecule has 1 aliphatic carbocycles. The monoisotopic (exact) mass is 115 g/mol. The number of nitrogens with one attached hydrogen (secondary N) is 1. The summed E-state index contributed by atoms with van der Waals surface area (Å²) >= 11 is 0. The molecule has 2 aliphatic rings. The Hall–Kier alpha value is -0.110. The fourth-order valence-electron chi connectivity index (χ4n) is 1.62. The number of alkyl halides is 1. The Labute approximate surface area is 48.3 Å². The van der Waals surface area contributed by atoms with Gasteiger partial charge in [0.1, 0.15) is 6.67 Å². The Morgan fingerprint density at radius 1 is 1.62 bits per heavy atom. The molecule has 2 fully saturated rings. The molecule has 8 heavy (non-hydrogen) atoms.